The van der Waals surface area contributed by atoms with Gasteiger partial charge in [0.1, 0.15) is 11.4 Å². The van der Waals surface area contributed by atoms with E-state index in [0.717, 1.165) is 5.39 Å². The van der Waals surface area contributed by atoms with Crippen molar-refractivity contribution in [3.05, 3.63) is 36.4 Å². The molecule has 1 aliphatic carbocycles. The van der Waals surface area contributed by atoms with Crippen LogP contribution in [-0.4, -0.2) is 40.6 Å². The van der Waals surface area contributed by atoms with E-state index in [0.29, 0.717) is 5.39 Å². The van der Waals surface area contributed by atoms with Crippen molar-refractivity contribution in [1.82, 2.24) is 0 Å². The number of benzene rings is 2. The van der Waals surface area contributed by atoms with Gasteiger partial charge in [0.05, 0.1) is 27.5 Å². The third kappa shape index (κ3) is 3.65. The molecule has 0 bridgehead atoms. The highest BCUT2D eigenvalue weighted by molar-refractivity contribution is 7.86. The Labute approximate surface area is 145 Å². The standard InChI is InChI=1S/C17H20N2O5S/c1-10-15(21)8-12(9-16(10)25(22,23)24)18-19-17-13-5-3-2-4-11(13)6-7-14(17)20/h2-7,10,12,15-16,20-21H,8-9H2,1H3,(H,22,23,24)/p-1. The number of phenols is 1. The van der Waals surface area contributed by atoms with Crippen molar-refractivity contribution in [3.63, 3.8) is 0 Å². The third-order valence-corrected chi connectivity index (χ3v) is 6.15. The molecule has 0 heterocycles. The van der Waals surface area contributed by atoms with Crippen LogP contribution in [0.25, 0.3) is 10.8 Å². The average molecular weight is 363 g/mol. The van der Waals surface area contributed by atoms with Crippen LogP contribution < -0.4 is 0 Å². The molecule has 2 N–H and O–H groups in total. The average Bonchev–Trinajstić information content (AvgIpc) is 2.55. The molecule has 2 aromatic rings. The minimum absolute atomic E-state index is 0.0130. The smallest absolute Gasteiger partial charge is 0.143 e. The topological polar surface area (TPSA) is 122 Å². The quantitative estimate of drug-likeness (QED) is 0.641. The first kappa shape index (κ1) is 17.8. The van der Waals surface area contributed by atoms with Crippen LogP contribution in [-0.2, 0) is 10.1 Å². The first-order valence-corrected chi connectivity index (χ1v) is 9.49. The van der Waals surface area contributed by atoms with Crippen molar-refractivity contribution >= 4 is 26.6 Å². The van der Waals surface area contributed by atoms with Crippen LogP contribution in [0.4, 0.5) is 5.69 Å². The SMILES string of the molecule is CC1C(O)CC(N=Nc2c(O)ccc3ccccc23)CC1S(=O)(=O)[O-]. The second-order valence-corrected chi connectivity index (χ2v) is 8.04. The van der Waals surface area contributed by atoms with E-state index in [1.165, 1.54) is 6.07 Å². The summed E-state index contributed by atoms with van der Waals surface area (Å²) in [5.74, 6) is -0.680. The molecule has 4 atom stereocenters. The van der Waals surface area contributed by atoms with Crippen LogP contribution in [0.3, 0.4) is 0 Å². The summed E-state index contributed by atoms with van der Waals surface area (Å²) >= 11 is 0. The van der Waals surface area contributed by atoms with E-state index in [-0.39, 0.29) is 24.3 Å². The predicted octanol–water partition coefficient (Wildman–Crippen LogP) is 2.70. The Morgan fingerprint density at radius 1 is 1.16 bits per heavy atom. The van der Waals surface area contributed by atoms with Crippen molar-refractivity contribution < 1.29 is 23.2 Å². The third-order valence-electron chi connectivity index (χ3n) is 4.78. The Balaban J connectivity index is 1.91. The molecule has 0 spiro atoms. The molecular weight excluding hydrogens is 344 g/mol. The van der Waals surface area contributed by atoms with Gasteiger partial charge in [-0.2, -0.15) is 10.2 Å². The van der Waals surface area contributed by atoms with Gasteiger partial charge in [0, 0.05) is 5.39 Å². The molecule has 0 aliphatic heterocycles. The summed E-state index contributed by atoms with van der Waals surface area (Å²) in [7, 11) is -4.53. The lowest BCUT2D eigenvalue weighted by molar-refractivity contribution is 0.0702. The van der Waals surface area contributed by atoms with Crippen molar-refractivity contribution in [2.24, 2.45) is 16.1 Å². The minimum Gasteiger partial charge on any atom is -0.748 e. The van der Waals surface area contributed by atoms with Gasteiger partial charge in [-0.1, -0.05) is 37.3 Å². The first-order valence-electron chi connectivity index (χ1n) is 8.01. The number of rotatable bonds is 3. The fraction of sp³-hybridized carbons (Fsp3) is 0.412. The summed E-state index contributed by atoms with van der Waals surface area (Å²) in [6.45, 7) is 1.55. The number of azo groups is 1. The molecule has 0 aromatic heterocycles. The lowest BCUT2D eigenvalue weighted by Gasteiger charge is -2.37. The molecule has 0 amide bonds. The highest BCUT2D eigenvalue weighted by Crippen LogP contribution is 2.37. The van der Waals surface area contributed by atoms with Crippen LogP contribution in [0.15, 0.2) is 46.6 Å². The maximum Gasteiger partial charge on any atom is 0.143 e. The maximum absolute atomic E-state index is 11.4. The molecule has 0 radical (unpaired) electrons. The highest BCUT2D eigenvalue weighted by atomic mass is 32.2. The fourth-order valence-electron chi connectivity index (χ4n) is 3.28. The summed E-state index contributed by atoms with van der Waals surface area (Å²) < 4.78 is 34.2. The van der Waals surface area contributed by atoms with Gasteiger partial charge in [-0.05, 0) is 30.2 Å². The van der Waals surface area contributed by atoms with Gasteiger partial charge < -0.3 is 14.8 Å². The number of hydrogen-bond donors (Lipinski definition) is 2. The molecule has 1 aliphatic rings. The molecule has 25 heavy (non-hydrogen) atoms. The molecule has 4 unspecified atom stereocenters. The van der Waals surface area contributed by atoms with E-state index in [1.54, 1.807) is 19.1 Å². The Morgan fingerprint density at radius 3 is 2.60 bits per heavy atom. The molecule has 3 rings (SSSR count). The zero-order valence-electron chi connectivity index (χ0n) is 13.6. The monoisotopic (exact) mass is 363 g/mol. The molecule has 134 valence electrons. The first-order chi connectivity index (χ1) is 11.8. The van der Waals surface area contributed by atoms with Gasteiger partial charge in [0.15, 0.2) is 0 Å². The number of aromatic hydroxyl groups is 1. The Kier molecular flexibility index (Phi) is 4.77. The van der Waals surface area contributed by atoms with E-state index < -0.39 is 33.4 Å². The number of aliphatic hydroxyl groups excluding tert-OH is 1. The highest BCUT2D eigenvalue weighted by Gasteiger charge is 2.38. The summed E-state index contributed by atoms with van der Waals surface area (Å²) in [5.41, 5.74) is 0.285. The molecule has 7 nitrogen and oxygen atoms in total. The normalized spacial score (nSPS) is 27.8. The lowest BCUT2D eigenvalue weighted by Crippen LogP contribution is -2.44. The Morgan fingerprint density at radius 2 is 1.88 bits per heavy atom. The van der Waals surface area contributed by atoms with Gasteiger partial charge in [0.2, 0.25) is 0 Å². The number of nitrogens with zero attached hydrogens (tertiary/aromatic N) is 2. The zero-order chi connectivity index (χ0) is 18.2. The second kappa shape index (κ2) is 6.70. The van der Waals surface area contributed by atoms with Crippen LogP contribution in [0.5, 0.6) is 5.75 Å². The molecule has 8 heteroatoms. The van der Waals surface area contributed by atoms with E-state index in [4.69, 9.17) is 0 Å². The summed E-state index contributed by atoms with van der Waals surface area (Å²) in [5, 5.41) is 28.7. The largest absolute Gasteiger partial charge is 0.748 e. The van der Waals surface area contributed by atoms with E-state index >= 15 is 0 Å². The number of phenolic OH excluding ortho intramolecular Hbond substituents is 1. The second-order valence-electron chi connectivity index (χ2n) is 6.45. The van der Waals surface area contributed by atoms with E-state index in [1.807, 2.05) is 18.2 Å². The molecule has 0 saturated heterocycles. The summed E-state index contributed by atoms with van der Waals surface area (Å²) in [6.07, 6.45) is -0.700. The molecule has 1 saturated carbocycles. The molecule has 1 fully saturated rings. The van der Waals surface area contributed by atoms with Crippen LogP contribution in [0, 0.1) is 5.92 Å². The summed E-state index contributed by atoms with van der Waals surface area (Å²) in [6, 6.07) is 10.0. The predicted molar refractivity (Wildman–Crippen MR) is 91.8 cm³/mol. The van der Waals surface area contributed by atoms with E-state index in [9.17, 15) is 23.2 Å². The van der Waals surface area contributed by atoms with Crippen LogP contribution in [0.2, 0.25) is 0 Å². The van der Waals surface area contributed by atoms with Crippen LogP contribution >= 0.6 is 0 Å². The fourth-order valence-corrected chi connectivity index (χ4v) is 4.45. The zero-order valence-corrected chi connectivity index (χ0v) is 14.4. The van der Waals surface area contributed by atoms with Crippen molar-refractivity contribution in [1.29, 1.82) is 0 Å². The van der Waals surface area contributed by atoms with Gasteiger partial charge in [-0.3, -0.25) is 0 Å². The van der Waals surface area contributed by atoms with Crippen molar-refractivity contribution in [2.45, 2.75) is 37.2 Å². The lowest BCUT2D eigenvalue weighted by atomic mass is 9.84. The Hall–Kier alpha value is -2.03. The van der Waals surface area contributed by atoms with Crippen molar-refractivity contribution in [2.75, 3.05) is 0 Å². The number of hydrogen-bond acceptors (Lipinski definition) is 7. The van der Waals surface area contributed by atoms with Gasteiger partial charge in [0.25, 0.3) is 0 Å². The number of fused-ring (bicyclic) bond motifs is 1. The van der Waals surface area contributed by atoms with Crippen LogP contribution in [0.1, 0.15) is 19.8 Å². The molecular formula is C17H19N2O5S-. The molecule has 2 aromatic carbocycles. The van der Waals surface area contributed by atoms with E-state index in [2.05, 4.69) is 10.2 Å². The van der Waals surface area contributed by atoms with Gasteiger partial charge in [-0.15, -0.1) is 0 Å². The van der Waals surface area contributed by atoms with Crippen molar-refractivity contribution in [3.8, 4) is 5.75 Å². The van der Waals surface area contributed by atoms with Gasteiger partial charge >= 0.3 is 0 Å². The Bertz CT molecular complexity index is 912. The number of aliphatic hydroxyl groups is 1. The van der Waals surface area contributed by atoms with Gasteiger partial charge in [-0.25, -0.2) is 8.42 Å². The minimum atomic E-state index is -4.53. The summed E-state index contributed by atoms with van der Waals surface area (Å²) in [4.78, 5) is 0. The maximum atomic E-state index is 11.4.